The van der Waals surface area contributed by atoms with Crippen LogP contribution in [0.1, 0.15) is 10.4 Å². The average Bonchev–Trinajstić information content (AvgIpc) is 3.10. The second kappa shape index (κ2) is 7.01. The van der Waals surface area contributed by atoms with Gasteiger partial charge in [-0.3, -0.25) is 4.79 Å². The first kappa shape index (κ1) is 18.1. The molecule has 0 spiro atoms. The predicted molar refractivity (Wildman–Crippen MR) is 111 cm³/mol. The highest BCUT2D eigenvalue weighted by Gasteiger charge is 2.56. The van der Waals surface area contributed by atoms with Crippen molar-refractivity contribution in [3.63, 3.8) is 0 Å². The minimum absolute atomic E-state index is 0.180. The highest BCUT2D eigenvalue weighted by atomic mass is 16.2. The molecule has 1 aliphatic carbocycles. The van der Waals surface area contributed by atoms with Crippen LogP contribution in [-0.2, 0) is 0 Å². The van der Waals surface area contributed by atoms with Crippen LogP contribution in [0.2, 0.25) is 0 Å². The molecule has 0 bridgehead atoms. The number of hydrogen-bond acceptors (Lipinski definition) is 3. The van der Waals surface area contributed by atoms with Gasteiger partial charge in [0.2, 0.25) is 0 Å². The van der Waals surface area contributed by atoms with Crippen molar-refractivity contribution in [1.29, 1.82) is 0 Å². The van der Waals surface area contributed by atoms with Gasteiger partial charge in [-0.15, -0.1) is 0 Å². The summed E-state index contributed by atoms with van der Waals surface area (Å²) in [6, 6.07) is 16.5. The van der Waals surface area contributed by atoms with Crippen LogP contribution in [0.3, 0.4) is 0 Å². The standard InChI is InChI=1S/C23H29N3O/c1-24(2)13-20-21-14-26(15-22(20)21)23(27)17-10-8-16(9-11-17)18-6-5-7-19(12-18)25(3)4/h5-12,20-22H,13-15H2,1-4H3/t20?,21-,22+. The van der Waals surface area contributed by atoms with E-state index < -0.39 is 0 Å². The lowest BCUT2D eigenvalue weighted by Gasteiger charge is -2.21. The number of carbonyl (C=O) groups excluding carboxylic acids is 1. The Morgan fingerprint density at radius 3 is 2.22 bits per heavy atom. The van der Waals surface area contributed by atoms with Crippen LogP contribution < -0.4 is 4.90 Å². The minimum atomic E-state index is 0.180. The van der Waals surface area contributed by atoms with Gasteiger partial charge in [-0.05, 0) is 67.2 Å². The summed E-state index contributed by atoms with van der Waals surface area (Å²) in [6.07, 6.45) is 0. The molecule has 1 unspecified atom stereocenters. The Morgan fingerprint density at radius 1 is 0.963 bits per heavy atom. The summed E-state index contributed by atoms with van der Waals surface area (Å²) < 4.78 is 0. The lowest BCUT2D eigenvalue weighted by molar-refractivity contribution is 0.0765. The molecule has 0 N–H and O–H groups in total. The number of piperidine rings is 1. The van der Waals surface area contributed by atoms with Crippen molar-refractivity contribution in [2.75, 3.05) is 52.7 Å². The monoisotopic (exact) mass is 363 g/mol. The van der Waals surface area contributed by atoms with Crippen LogP contribution in [0.4, 0.5) is 5.69 Å². The van der Waals surface area contributed by atoms with E-state index in [2.05, 4.69) is 60.3 Å². The van der Waals surface area contributed by atoms with Gasteiger partial charge < -0.3 is 14.7 Å². The molecule has 4 rings (SSSR count). The number of amides is 1. The Labute approximate surface area is 162 Å². The first-order valence-corrected chi connectivity index (χ1v) is 9.76. The molecule has 4 nitrogen and oxygen atoms in total. The Hall–Kier alpha value is -2.33. The fourth-order valence-corrected chi connectivity index (χ4v) is 4.46. The maximum atomic E-state index is 12.8. The van der Waals surface area contributed by atoms with Gasteiger partial charge in [-0.25, -0.2) is 0 Å². The van der Waals surface area contributed by atoms with Crippen molar-refractivity contribution in [2.45, 2.75) is 0 Å². The van der Waals surface area contributed by atoms with Gasteiger partial charge in [-0.1, -0.05) is 24.3 Å². The van der Waals surface area contributed by atoms with Crippen LogP contribution in [0.25, 0.3) is 11.1 Å². The van der Waals surface area contributed by atoms with Crippen LogP contribution in [-0.4, -0.2) is 63.5 Å². The Bertz CT molecular complexity index is 816. The maximum Gasteiger partial charge on any atom is 0.253 e. The topological polar surface area (TPSA) is 26.8 Å². The Morgan fingerprint density at radius 2 is 1.63 bits per heavy atom. The molecular weight excluding hydrogens is 334 g/mol. The number of nitrogens with zero attached hydrogens (tertiary/aromatic N) is 3. The van der Waals surface area contributed by atoms with E-state index in [0.717, 1.165) is 36.7 Å². The molecule has 0 aromatic heterocycles. The van der Waals surface area contributed by atoms with E-state index in [1.54, 1.807) is 0 Å². The quantitative estimate of drug-likeness (QED) is 0.816. The van der Waals surface area contributed by atoms with E-state index in [-0.39, 0.29) is 5.91 Å². The fourth-order valence-electron chi connectivity index (χ4n) is 4.46. The number of benzene rings is 2. The summed E-state index contributed by atoms with van der Waals surface area (Å²) >= 11 is 0. The molecule has 2 aromatic rings. The number of fused-ring (bicyclic) bond motifs is 1. The molecular formula is C23H29N3O. The largest absolute Gasteiger partial charge is 0.378 e. The molecule has 1 saturated heterocycles. The first-order chi connectivity index (χ1) is 12.9. The summed E-state index contributed by atoms with van der Waals surface area (Å²) in [7, 11) is 8.36. The van der Waals surface area contributed by atoms with Gasteiger partial charge in [0.15, 0.2) is 0 Å². The summed E-state index contributed by atoms with van der Waals surface area (Å²) in [4.78, 5) is 19.3. The van der Waals surface area contributed by atoms with Crippen molar-refractivity contribution in [2.24, 2.45) is 17.8 Å². The third-order valence-corrected chi connectivity index (χ3v) is 6.06. The molecule has 0 radical (unpaired) electrons. The van der Waals surface area contributed by atoms with E-state index in [0.29, 0.717) is 11.8 Å². The Balaban J connectivity index is 1.41. The summed E-state index contributed by atoms with van der Waals surface area (Å²) in [5.41, 5.74) is 4.30. The van der Waals surface area contributed by atoms with Crippen LogP contribution in [0.15, 0.2) is 48.5 Å². The Kier molecular flexibility index (Phi) is 4.68. The molecule has 1 saturated carbocycles. The SMILES string of the molecule is CN(C)CC1[C@H]2CN(C(=O)c3ccc(-c4cccc(N(C)C)c4)cc3)C[C@@H]12. The predicted octanol–water partition coefficient (Wildman–Crippen LogP) is 3.30. The van der Waals surface area contributed by atoms with Gasteiger partial charge in [-0.2, -0.15) is 0 Å². The van der Waals surface area contributed by atoms with Crippen molar-refractivity contribution >= 4 is 11.6 Å². The fraction of sp³-hybridized carbons (Fsp3) is 0.435. The summed E-state index contributed by atoms with van der Waals surface area (Å²) in [5.74, 6) is 2.39. The van der Waals surface area contributed by atoms with Crippen LogP contribution >= 0.6 is 0 Å². The number of likely N-dealkylation sites (tertiary alicyclic amines) is 1. The van der Waals surface area contributed by atoms with Crippen molar-refractivity contribution in [1.82, 2.24) is 9.80 Å². The third-order valence-electron chi connectivity index (χ3n) is 6.06. The number of hydrogen-bond donors (Lipinski definition) is 0. The molecule has 4 heteroatoms. The summed E-state index contributed by atoms with van der Waals surface area (Å²) in [5, 5.41) is 0. The van der Waals surface area contributed by atoms with Gasteiger partial charge in [0.1, 0.15) is 0 Å². The molecule has 2 aromatic carbocycles. The van der Waals surface area contributed by atoms with Crippen molar-refractivity contribution in [3.05, 3.63) is 54.1 Å². The zero-order chi connectivity index (χ0) is 19.1. The molecule has 27 heavy (non-hydrogen) atoms. The zero-order valence-electron chi connectivity index (χ0n) is 16.7. The van der Waals surface area contributed by atoms with E-state index >= 15 is 0 Å². The average molecular weight is 364 g/mol. The second-order valence-corrected chi connectivity index (χ2v) is 8.49. The molecule has 2 fully saturated rings. The number of anilines is 1. The second-order valence-electron chi connectivity index (χ2n) is 8.49. The number of carbonyl (C=O) groups is 1. The van der Waals surface area contributed by atoms with E-state index in [1.165, 1.54) is 11.3 Å². The maximum absolute atomic E-state index is 12.8. The molecule has 3 atom stereocenters. The normalized spacial score (nSPS) is 23.4. The van der Waals surface area contributed by atoms with E-state index in [4.69, 9.17) is 0 Å². The highest BCUT2D eigenvalue weighted by Crippen LogP contribution is 2.52. The van der Waals surface area contributed by atoms with E-state index in [9.17, 15) is 4.79 Å². The van der Waals surface area contributed by atoms with Crippen LogP contribution in [0.5, 0.6) is 0 Å². The minimum Gasteiger partial charge on any atom is -0.378 e. The highest BCUT2D eigenvalue weighted by molar-refractivity contribution is 5.95. The number of rotatable bonds is 5. The lowest BCUT2D eigenvalue weighted by Crippen LogP contribution is -2.33. The molecule has 142 valence electrons. The molecule has 1 amide bonds. The van der Waals surface area contributed by atoms with Crippen molar-refractivity contribution < 1.29 is 4.79 Å². The van der Waals surface area contributed by atoms with Gasteiger partial charge in [0.05, 0.1) is 0 Å². The first-order valence-electron chi connectivity index (χ1n) is 9.76. The lowest BCUT2D eigenvalue weighted by atomic mass is 10.0. The van der Waals surface area contributed by atoms with Gasteiger partial charge >= 0.3 is 0 Å². The third kappa shape index (κ3) is 3.59. The zero-order valence-corrected chi connectivity index (χ0v) is 16.7. The van der Waals surface area contributed by atoms with Gasteiger partial charge in [0.25, 0.3) is 5.91 Å². The van der Waals surface area contributed by atoms with Crippen LogP contribution in [0, 0.1) is 17.8 Å². The van der Waals surface area contributed by atoms with Crippen molar-refractivity contribution in [3.8, 4) is 11.1 Å². The molecule has 1 heterocycles. The molecule has 1 aliphatic heterocycles. The molecule has 2 aliphatic rings. The van der Waals surface area contributed by atoms with Gasteiger partial charge in [0, 0.05) is 45.0 Å². The van der Waals surface area contributed by atoms with E-state index in [1.807, 2.05) is 31.1 Å². The summed E-state index contributed by atoms with van der Waals surface area (Å²) in [6.45, 7) is 3.00. The smallest absolute Gasteiger partial charge is 0.253 e.